The van der Waals surface area contributed by atoms with Crippen molar-refractivity contribution in [3.05, 3.63) is 12.2 Å². The first kappa shape index (κ1) is 27.9. The summed E-state index contributed by atoms with van der Waals surface area (Å²) in [7, 11) is -6.19. The molecule has 2 saturated carbocycles. The van der Waals surface area contributed by atoms with E-state index >= 15 is 0 Å². The molecule has 2 aliphatic carbocycles. The molecule has 0 spiro atoms. The largest absolute Gasteiger partial charge is 0.429 e. The first-order chi connectivity index (χ1) is 20.7. The third-order valence-corrected chi connectivity index (χ3v) is 10.6. The predicted octanol–water partition coefficient (Wildman–Crippen LogP) is 10.2. The Morgan fingerprint density at radius 3 is 2.00 bits per heavy atom. The first-order valence-electron chi connectivity index (χ1n) is 17.4. The van der Waals surface area contributed by atoms with E-state index in [2.05, 4.69) is 0 Å². The van der Waals surface area contributed by atoms with Gasteiger partial charge in [0.1, 0.15) is 5.78 Å². The van der Waals surface area contributed by atoms with Gasteiger partial charge in [0.15, 0.2) is 16.6 Å². The van der Waals surface area contributed by atoms with E-state index in [9.17, 15) is 31.1 Å². The van der Waals surface area contributed by atoms with Crippen LogP contribution in [0.15, 0.2) is 12.2 Å². The van der Waals surface area contributed by atoms with Crippen molar-refractivity contribution in [3.63, 3.8) is 0 Å². The van der Waals surface area contributed by atoms with E-state index in [1.165, 1.54) is 19.6 Å². The van der Waals surface area contributed by atoms with Crippen LogP contribution >= 0.6 is 0 Å². The molecule has 3 nitrogen and oxygen atoms in total. The van der Waals surface area contributed by atoms with Crippen molar-refractivity contribution in [2.24, 2.45) is 22.7 Å². The van der Waals surface area contributed by atoms with Crippen LogP contribution in [0.2, 0.25) is 39.3 Å². The Balaban J connectivity index is 2.65. The van der Waals surface area contributed by atoms with Gasteiger partial charge >= 0.3 is 12.4 Å². The molecule has 0 amide bonds. The quantitative estimate of drug-likeness (QED) is 0.121. The molecule has 2 aliphatic rings. The maximum atomic E-state index is 14.3. The maximum Gasteiger partial charge on any atom is 0.429 e. The van der Waals surface area contributed by atoms with Crippen molar-refractivity contribution in [2.75, 3.05) is 0 Å². The van der Waals surface area contributed by atoms with Crippen LogP contribution in [0.4, 0.5) is 26.3 Å². The smallest absolute Gasteiger partial charge is 0.413 e. The predicted molar refractivity (Wildman–Crippen MR) is 157 cm³/mol. The summed E-state index contributed by atoms with van der Waals surface area (Å²) >= 11 is 0. The highest BCUT2D eigenvalue weighted by molar-refractivity contribution is 6.70. The average molecular weight is 637 g/mol. The van der Waals surface area contributed by atoms with Gasteiger partial charge in [-0.05, 0) is 121 Å². The van der Waals surface area contributed by atoms with E-state index in [4.69, 9.17) is 17.1 Å². The van der Waals surface area contributed by atoms with Crippen LogP contribution in [0, 0.1) is 22.7 Å². The number of Topliss-reactive ketones (excluding diaryl/α,β-unsaturated/α-hetero) is 1. The highest BCUT2D eigenvalue weighted by Gasteiger charge is 2.71. The molecule has 0 radical (unpaired) electrons. The van der Waals surface area contributed by atoms with E-state index < -0.39 is 71.1 Å². The molecule has 240 valence electrons. The summed E-state index contributed by atoms with van der Waals surface area (Å²) in [5, 5.41) is 0. The molecule has 4 atom stereocenters. The molecule has 11 heteroatoms. The molecular formula is C30H52F6O3Si2. The molecule has 0 N–H and O–H groups in total. The normalized spacial score (nSPS) is 29.7. The Hall–Kier alpha value is -0.656. The van der Waals surface area contributed by atoms with Crippen LogP contribution in [0.25, 0.3) is 0 Å². The molecule has 0 aromatic rings. The van der Waals surface area contributed by atoms with E-state index in [-0.39, 0.29) is 43.0 Å². The van der Waals surface area contributed by atoms with E-state index in [0.717, 1.165) is 6.08 Å². The summed E-state index contributed by atoms with van der Waals surface area (Å²) in [6, 6.07) is 0. The highest BCUT2D eigenvalue weighted by Crippen LogP contribution is 2.62. The minimum absolute atomic E-state index is 0.0358. The zero-order valence-corrected chi connectivity index (χ0v) is 27.7. The van der Waals surface area contributed by atoms with E-state index in [0.29, 0.717) is 32.1 Å². The molecule has 0 heterocycles. The Bertz CT molecular complexity index is 1120. The number of allylic oxidation sites excluding steroid dienone is 1. The van der Waals surface area contributed by atoms with Gasteiger partial charge in [0.2, 0.25) is 0 Å². The monoisotopic (exact) mass is 636 g/mol. The lowest BCUT2D eigenvalue weighted by Crippen LogP contribution is -2.61. The fourth-order valence-electron chi connectivity index (χ4n) is 7.29. The van der Waals surface area contributed by atoms with Crippen LogP contribution in [-0.4, -0.2) is 46.0 Å². The van der Waals surface area contributed by atoms with Crippen LogP contribution in [0.1, 0.15) is 93.6 Å². The Labute approximate surface area is 253 Å². The summed E-state index contributed by atoms with van der Waals surface area (Å²) in [5.41, 5.74) is -8.64. The molecule has 41 heavy (non-hydrogen) atoms. The van der Waals surface area contributed by atoms with Gasteiger partial charge in [-0.1, -0.05) is 26.3 Å². The van der Waals surface area contributed by atoms with Crippen LogP contribution in [-0.2, 0) is 13.6 Å². The Morgan fingerprint density at radius 2 is 1.51 bits per heavy atom. The van der Waals surface area contributed by atoms with Gasteiger partial charge in [-0.15, -0.1) is 0 Å². The number of fused-ring (bicyclic) bond motifs is 1. The zero-order chi connectivity index (χ0) is 36.9. The van der Waals surface area contributed by atoms with Crippen molar-refractivity contribution in [1.29, 1.82) is 0 Å². The third kappa shape index (κ3) is 8.72. The summed E-state index contributed by atoms with van der Waals surface area (Å²) in [6.07, 6.45) is -8.65. The average Bonchev–Trinajstić information content (AvgIpc) is 3.17. The van der Waals surface area contributed by atoms with Gasteiger partial charge < -0.3 is 8.85 Å². The van der Waals surface area contributed by atoms with E-state index in [1.54, 1.807) is 26.6 Å². The second-order valence-electron chi connectivity index (χ2n) is 14.6. The number of carbonyl (C=O) groups excluding carboxylic acids is 1. The van der Waals surface area contributed by atoms with Crippen molar-refractivity contribution in [1.82, 2.24) is 0 Å². The fraction of sp³-hybridized carbons (Fsp3) is 0.900. The topological polar surface area (TPSA) is 35.5 Å². The lowest BCUT2D eigenvalue weighted by atomic mass is 9.56. The minimum Gasteiger partial charge on any atom is -0.413 e. The summed E-state index contributed by atoms with van der Waals surface area (Å²) in [6.45, 7) is 6.30. The van der Waals surface area contributed by atoms with Gasteiger partial charge in [-0.25, -0.2) is 0 Å². The zero-order valence-electron chi connectivity index (χ0n) is 31.7. The number of rotatable bonds is 12. The highest BCUT2D eigenvalue weighted by atomic mass is 28.4. The van der Waals surface area contributed by atoms with Crippen molar-refractivity contribution < 1.29 is 48.2 Å². The molecule has 0 bridgehead atoms. The number of ketones is 1. The summed E-state index contributed by atoms with van der Waals surface area (Å²) < 4.78 is 146. The van der Waals surface area contributed by atoms with Crippen molar-refractivity contribution >= 4 is 22.4 Å². The Kier molecular flexibility index (Phi) is 8.17. The lowest BCUT2D eigenvalue weighted by molar-refractivity contribution is -0.340. The number of alkyl halides is 6. The van der Waals surface area contributed by atoms with Crippen LogP contribution in [0.5, 0.6) is 0 Å². The SMILES string of the molecule is [2H]C([2H])([2H])C(CCC[C@@](C)(C/C=C\C(O[Si](C)(C)C)(C(F)(F)F)C(F)(F)F)[C@H]1CC[C@H]2C(=O)CCC[C@]12C)(O[Si](C)(C)C)C([2H])([2H])[2H]. The maximum absolute atomic E-state index is 14.3. The molecule has 0 aromatic heterocycles. The first-order valence-corrected chi connectivity index (χ1v) is 21.2. The molecule has 0 unspecified atom stereocenters. The van der Waals surface area contributed by atoms with Crippen LogP contribution < -0.4 is 0 Å². The fourth-order valence-corrected chi connectivity index (χ4v) is 9.70. The summed E-state index contributed by atoms with van der Waals surface area (Å²) in [5.74, 6) is -0.530. The van der Waals surface area contributed by atoms with Gasteiger partial charge in [0, 0.05) is 20.6 Å². The molecule has 0 aromatic carbocycles. The Morgan fingerprint density at radius 1 is 0.951 bits per heavy atom. The van der Waals surface area contributed by atoms with E-state index in [1.807, 2.05) is 6.92 Å². The van der Waals surface area contributed by atoms with Gasteiger partial charge in [0.25, 0.3) is 5.60 Å². The number of hydrogen-bond acceptors (Lipinski definition) is 3. The summed E-state index contributed by atoms with van der Waals surface area (Å²) in [4.78, 5) is 12.9. The lowest BCUT2D eigenvalue weighted by Gasteiger charge is -2.48. The molecule has 0 saturated heterocycles. The van der Waals surface area contributed by atoms with Crippen molar-refractivity contribution in [3.8, 4) is 0 Å². The van der Waals surface area contributed by atoms with Crippen LogP contribution in [0.3, 0.4) is 0 Å². The minimum atomic E-state index is -5.81. The molecule has 2 rings (SSSR count). The molecular weight excluding hydrogens is 578 g/mol. The van der Waals surface area contributed by atoms with Gasteiger partial charge in [-0.3, -0.25) is 4.79 Å². The second kappa shape index (κ2) is 12.0. The van der Waals surface area contributed by atoms with Gasteiger partial charge in [0.05, 0.1) is 5.60 Å². The second-order valence-corrected chi connectivity index (χ2v) is 23.5. The number of hydrogen-bond donors (Lipinski definition) is 0. The van der Waals surface area contributed by atoms with Crippen molar-refractivity contribution in [2.45, 2.75) is 148 Å². The number of carbonyl (C=O) groups is 1. The molecule has 2 fully saturated rings. The van der Waals surface area contributed by atoms with Gasteiger partial charge in [-0.2, -0.15) is 26.3 Å². The standard InChI is InChI=1S/C30H52F6O3Si2/c1-25(2,38-40(5,6)7)17-12-18-26(3,24-16-15-22-23(37)14-11-20-27(22,24)4)19-13-21-28(29(31,32)33,30(34,35)36)39-41(8,9)10/h13,21-22,24H,11-12,14-20H2,1-10H3/b21-13-/t22-,24+,26-,27-/m0/s1/i1D3,2D3. The number of halogens is 6. The molecule has 0 aliphatic heterocycles. The third-order valence-electron chi connectivity index (χ3n) is 8.71.